The first-order valence-electron chi connectivity index (χ1n) is 5.46. The average Bonchev–Trinajstić information content (AvgIpc) is 2.27. The van der Waals surface area contributed by atoms with Crippen LogP contribution in [0.25, 0.3) is 6.08 Å². The molecule has 0 bridgehead atoms. The lowest BCUT2D eigenvalue weighted by atomic mass is 10.2. The molecule has 0 amide bonds. The van der Waals surface area contributed by atoms with Gasteiger partial charge in [0.2, 0.25) is 0 Å². The second-order valence-corrected chi connectivity index (χ2v) is 4.21. The molecule has 0 aromatic heterocycles. The molecule has 3 nitrogen and oxygen atoms in total. The molecule has 0 saturated heterocycles. The minimum Gasteiger partial charge on any atom is -0.478 e. The highest BCUT2D eigenvalue weighted by Crippen LogP contribution is 2.24. The van der Waals surface area contributed by atoms with Gasteiger partial charge in [0.1, 0.15) is 0 Å². The number of anilines is 1. The summed E-state index contributed by atoms with van der Waals surface area (Å²) < 4.78 is 0. The van der Waals surface area contributed by atoms with Crippen molar-refractivity contribution in [1.29, 1.82) is 0 Å². The van der Waals surface area contributed by atoms with Crippen LogP contribution in [0.5, 0.6) is 0 Å². The second-order valence-electron chi connectivity index (χ2n) is 3.80. The Bertz CT molecular complexity index is 429. The number of benzene rings is 1. The van der Waals surface area contributed by atoms with E-state index in [1.54, 1.807) is 0 Å². The minimum absolute atomic E-state index is 0.558. The summed E-state index contributed by atoms with van der Waals surface area (Å²) in [7, 11) is 2.00. The van der Waals surface area contributed by atoms with Crippen molar-refractivity contribution >= 4 is 29.3 Å². The maximum atomic E-state index is 10.4. The number of hydrogen-bond acceptors (Lipinski definition) is 2. The fraction of sp³-hybridized carbons (Fsp3) is 0.308. The van der Waals surface area contributed by atoms with Crippen molar-refractivity contribution in [3.8, 4) is 0 Å². The number of hydrogen-bond donors (Lipinski definition) is 1. The topological polar surface area (TPSA) is 40.5 Å². The van der Waals surface area contributed by atoms with Crippen molar-refractivity contribution in [3.05, 3.63) is 34.9 Å². The fourth-order valence-corrected chi connectivity index (χ4v) is 1.75. The van der Waals surface area contributed by atoms with Gasteiger partial charge in [0.25, 0.3) is 0 Å². The van der Waals surface area contributed by atoms with E-state index in [0.29, 0.717) is 10.6 Å². The fourth-order valence-electron chi connectivity index (χ4n) is 1.51. The third-order valence-electron chi connectivity index (χ3n) is 2.39. The lowest BCUT2D eigenvalue weighted by Gasteiger charge is -2.18. The summed E-state index contributed by atoms with van der Waals surface area (Å²) in [5, 5.41) is 9.10. The van der Waals surface area contributed by atoms with E-state index in [9.17, 15) is 4.79 Å². The molecule has 0 atom stereocenters. The van der Waals surface area contributed by atoms with E-state index < -0.39 is 5.97 Å². The van der Waals surface area contributed by atoms with Gasteiger partial charge in [-0.15, -0.1) is 0 Å². The van der Waals surface area contributed by atoms with Crippen LogP contribution < -0.4 is 4.90 Å². The quantitative estimate of drug-likeness (QED) is 0.819. The second kappa shape index (κ2) is 6.30. The van der Waals surface area contributed by atoms with Crippen LogP contribution in [0.1, 0.15) is 18.9 Å². The molecule has 0 aliphatic carbocycles. The SMILES string of the molecule is CCCN(C)c1ccc(/C=C/C(=O)O)c(Cl)c1. The first kappa shape index (κ1) is 13.6. The predicted molar refractivity (Wildman–Crippen MR) is 71.7 cm³/mol. The van der Waals surface area contributed by atoms with E-state index >= 15 is 0 Å². The Morgan fingerprint density at radius 1 is 1.53 bits per heavy atom. The zero-order valence-electron chi connectivity index (χ0n) is 9.98. The molecular formula is C13H16ClNO2. The van der Waals surface area contributed by atoms with Gasteiger partial charge in [0, 0.05) is 30.4 Å². The number of nitrogens with zero attached hydrogens (tertiary/aromatic N) is 1. The van der Waals surface area contributed by atoms with E-state index in [4.69, 9.17) is 16.7 Å². The predicted octanol–water partition coefficient (Wildman–Crippen LogP) is 3.28. The Balaban J connectivity index is 2.89. The van der Waals surface area contributed by atoms with Crippen LogP contribution >= 0.6 is 11.6 Å². The molecule has 0 aliphatic heterocycles. The lowest BCUT2D eigenvalue weighted by Crippen LogP contribution is -2.17. The van der Waals surface area contributed by atoms with Gasteiger partial charge >= 0.3 is 5.97 Å². The first-order chi connectivity index (χ1) is 8.04. The largest absolute Gasteiger partial charge is 0.478 e. The van der Waals surface area contributed by atoms with E-state index in [-0.39, 0.29) is 0 Å². The van der Waals surface area contributed by atoms with E-state index in [2.05, 4.69) is 11.8 Å². The zero-order valence-corrected chi connectivity index (χ0v) is 10.7. The van der Waals surface area contributed by atoms with Crippen molar-refractivity contribution in [2.75, 3.05) is 18.5 Å². The lowest BCUT2D eigenvalue weighted by molar-refractivity contribution is -0.131. The molecule has 0 fully saturated rings. The van der Waals surface area contributed by atoms with E-state index in [0.717, 1.165) is 24.7 Å². The van der Waals surface area contributed by atoms with Crippen molar-refractivity contribution in [1.82, 2.24) is 0 Å². The van der Waals surface area contributed by atoms with Crippen LogP contribution in [0.4, 0.5) is 5.69 Å². The van der Waals surface area contributed by atoms with E-state index in [1.165, 1.54) is 6.08 Å². The van der Waals surface area contributed by atoms with Gasteiger partial charge in [-0.25, -0.2) is 4.79 Å². The van der Waals surface area contributed by atoms with Crippen molar-refractivity contribution in [2.24, 2.45) is 0 Å². The molecular weight excluding hydrogens is 238 g/mol. The first-order valence-corrected chi connectivity index (χ1v) is 5.84. The normalized spacial score (nSPS) is 10.8. The minimum atomic E-state index is -0.978. The van der Waals surface area contributed by atoms with Gasteiger partial charge < -0.3 is 10.0 Å². The van der Waals surface area contributed by atoms with Gasteiger partial charge in [-0.3, -0.25) is 0 Å². The smallest absolute Gasteiger partial charge is 0.328 e. The van der Waals surface area contributed by atoms with Gasteiger partial charge in [-0.2, -0.15) is 0 Å². The molecule has 0 spiro atoms. The van der Waals surface area contributed by atoms with Crippen LogP contribution in [-0.4, -0.2) is 24.7 Å². The highest BCUT2D eigenvalue weighted by molar-refractivity contribution is 6.32. The summed E-state index contributed by atoms with van der Waals surface area (Å²) in [5.74, 6) is -0.978. The summed E-state index contributed by atoms with van der Waals surface area (Å²) in [4.78, 5) is 12.5. The number of carboxylic acid groups (broad SMARTS) is 1. The van der Waals surface area contributed by atoms with Crippen LogP contribution in [-0.2, 0) is 4.79 Å². The Morgan fingerprint density at radius 3 is 2.76 bits per heavy atom. The third-order valence-corrected chi connectivity index (χ3v) is 2.72. The Kier molecular flexibility index (Phi) is 5.04. The Hall–Kier alpha value is -1.48. The van der Waals surface area contributed by atoms with Crippen molar-refractivity contribution < 1.29 is 9.90 Å². The standard InChI is InChI=1S/C13H16ClNO2/c1-3-8-15(2)11-6-4-10(12(14)9-11)5-7-13(16)17/h4-7,9H,3,8H2,1-2H3,(H,16,17)/b7-5+. The molecule has 0 aliphatic rings. The molecule has 1 rings (SSSR count). The molecule has 0 heterocycles. The molecule has 0 unspecified atom stereocenters. The van der Waals surface area contributed by atoms with Crippen molar-refractivity contribution in [2.45, 2.75) is 13.3 Å². The summed E-state index contributed by atoms with van der Waals surface area (Å²) in [6.07, 6.45) is 3.64. The third kappa shape index (κ3) is 4.11. The molecule has 1 aromatic carbocycles. The molecule has 92 valence electrons. The molecule has 0 radical (unpaired) electrons. The zero-order chi connectivity index (χ0) is 12.8. The number of carboxylic acids is 1. The van der Waals surface area contributed by atoms with Crippen LogP contribution in [0.2, 0.25) is 5.02 Å². The summed E-state index contributed by atoms with van der Waals surface area (Å²) in [5.41, 5.74) is 1.74. The summed E-state index contributed by atoms with van der Waals surface area (Å²) in [6, 6.07) is 5.60. The van der Waals surface area contributed by atoms with Crippen LogP contribution in [0.15, 0.2) is 24.3 Å². The summed E-state index contributed by atoms with van der Waals surface area (Å²) in [6.45, 7) is 3.07. The average molecular weight is 254 g/mol. The Labute approximate surface area is 106 Å². The molecule has 0 saturated carbocycles. The molecule has 1 N–H and O–H groups in total. The van der Waals surface area contributed by atoms with Gasteiger partial charge in [0.15, 0.2) is 0 Å². The highest BCUT2D eigenvalue weighted by atomic mass is 35.5. The van der Waals surface area contributed by atoms with Gasteiger partial charge in [0.05, 0.1) is 0 Å². The molecule has 17 heavy (non-hydrogen) atoms. The van der Waals surface area contributed by atoms with Gasteiger partial charge in [-0.1, -0.05) is 24.6 Å². The van der Waals surface area contributed by atoms with Gasteiger partial charge in [-0.05, 0) is 30.2 Å². The number of carbonyl (C=O) groups is 1. The molecule has 4 heteroatoms. The maximum Gasteiger partial charge on any atom is 0.328 e. The van der Waals surface area contributed by atoms with E-state index in [1.807, 2.05) is 25.2 Å². The maximum absolute atomic E-state index is 10.4. The highest BCUT2D eigenvalue weighted by Gasteiger charge is 2.03. The van der Waals surface area contributed by atoms with Crippen LogP contribution in [0.3, 0.4) is 0 Å². The number of halogens is 1. The van der Waals surface area contributed by atoms with Crippen LogP contribution in [0, 0.1) is 0 Å². The molecule has 1 aromatic rings. The monoisotopic (exact) mass is 253 g/mol. The summed E-state index contributed by atoms with van der Waals surface area (Å²) >= 11 is 6.09. The van der Waals surface area contributed by atoms with Crippen molar-refractivity contribution in [3.63, 3.8) is 0 Å². The Morgan fingerprint density at radius 2 is 2.24 bits per heavy atom. The number of aliphatic carboxylic acids is 1. The number of rotatable bonds is 5.